The molecule has 2 nitrogen and oxygen atoms in total. The second-order valence-electron chi connectivity index (χ2n) is 5.20. The van der Waals surface area contributed by atoms with Crippen LogP contribution in [0, 0.1) is 11.3 Å². The van der Waals surface area contributed by atoms with Gasteiger partial charge in [0.05, 0.1) is 0 Å². The number of amides is 1. The summed E-state index contributed by atoms with van der Waals surface area (Å²) in [5, 5.41) is 0. The summed E-state index contributed by atoms with van der Waals surface area (Å²) in [5.74, 6) is 1.17. The third kappa shape index (κ3) is 1.05. The molecule has 2 aliphatic heterocycles. The molecule has 2 bridgehead atoms. The van der Waals surface area contributed by atoms with Crippen LogP contribution < -0.4 is 0 Å². The van der Waals surface area contributed by atoms with E-state index in [4.69, 9.17) is 0 Å². The molecule has 2 heterocycles. The summed E-state index contributed by atoms with van der Waals surface area (Å²) in [4.78, 5) is 13.9. The first-order chi connectivity index (χ1) is 5.48. The first kappa shape index (κ1) is 8.09. The minimum atomic E-state index is -0.183. The summed E-state index contributed by atoms with van der Waals surface area (Å²) in [7, 11) is 0. The van der Waals surface area contributed by atoms with E-state index in [2.05, 4.69) is 4.90 Å². The number of rotatable bonds is 0. The fraction of sp³-hybridized carbons (Fsp3) is 0.900. The second kappa shape index (κ2) is 2.24. The topological polar surface area (TPSA) is 20.3 Å². The van der Waals surface area contributed by atoms with E-state index in [1.807, 2.05) is 20.8 Å². The maximum absolute atomic E-state index is 11.8. The minimum absolute atomic E-state index is 0.183. The van der Waals surface area contributed by atoms with Crippen LogP contribution in [0.15, 0.2) is 0 Å². The number of fused-ring (bicyclic) bond motifs is 1. The summed E-state index contributed by atoms with van der Waals surface area (Å²) in [6, 6.07) is 0.599. The van der Waals surface area contributed by atoms with Crippen molar-refractivity contribution < 1.29 is 4.79 Å². The SMILES string of the molecule is CC(C)(C)C(=O)N1CC2CC1C2. The fourth-order valence-corrected chi connectivity index (χ4v) is 2.21. The Kier molecular flexibility index (Phi) is 1.51. The van der Waals surface area contributed by atoms with Crippen LogP contribution >= 0.6 is 0 Å². The van der Waals surface area contributed by atoms with Gasteiger partial charge in [-0.05, 0) is 18.8 Å². The molecule has 68 valence electrons. The van der Waals surface area contributed by atoms with Gasteiger partial charge in [0, 0.05) is 18.0 Å². The Balaban J connectivity index is 2.06. The Morgan fingerprint density at radius 3 is 2.25 bits per heavy atom. The number of carbonyl (C=O) groups excluding carboxylic acids is 1. The van der Waals surface area contributed by atoms with Gasteiger partial charge in [0.15, 0.2) is 0 Å². The van der Waals surface area contributed by atoms with Crippen molar-refractivity contribution in [2.45, 2.75) is 39.7 Å². The van der Waals surface area contributed by atoms with Crippen LogP contribution in [-0.2, 0) is 4.79 Å². The van der Waals surface area contributed by atoms with Crippen molar-refractivity contribution in [3.63, 3.8) is 0 Å². The summed E-state index contributed by atoms with van der Waals surface area (Å²) >= 11 is 0. The number of nitrogens with zero attached hydrogens (tertiary/aromatic N) is 1. The van der Waals surface area contributed by atoms with Crippen molar-refractivity contribution in [3.8, 4) is 0 Å². The molecule has 3 aliphatic rings. The number of hydrogen-bond donors (Lipinski definition) is 0. The molecular formula is C10H17NO. The molecule has 0 N–H and O–H groups in total. The lowest BCUT2D eigenvalue weighted by Gasteiger charge is -2.30. The van der Waals surface area contributed by atoms with Gasteiger partial charge < -0.3 is 4.90 Å². The molecule has 0 aromatic heterocycles. The van der Waals surface area contributed by atoms with Crippen molar-refractivity contribution >= 4 is 5.91 Å². The first-order valence-electron chi connectivity index (χ1n) is 4.79. The maximum Gasteiger partial charge on any atom is 0.228 e. The Labute approximate surface area is 73.9 Å². The van der Waals surface area contributed by atoms with Crippen LogP contribution in [0.3, 0.4) is 0 Å². The van der Waals surface area contributed by atoms with Crippen molar-refractivity contribution in [2.24, 2.45) is 11.3 Å². The number of hydrogen-bond acceptors (Lipinski definition) is 1. The van der Waals surface area contributed by atoms with Crippen LogP contribution in [-0.4, -0.2) is 23.4 Å². The molecular weight excluding hydrogens is 150 g/mol. The molecule has 0 aromatic carbocycles. The molecule has 3 rings (SSSR count). The van der Waals surface area contributed by atoms with Crippen LogP contribution in [0.2, 0.25) is 0 Å². The normalized spacial score (nSPS) is 33.4. The molecule has 12 heavy (non-hydrogen) atoms. The van der Waals surface area contributed by atoms with E-state index >= 15 is 0 Å². The minimum Gasteiger partial charge on any atom is -0.339 e. The van der Waals surface area contributed by atoms with Crippen molar-refractivity contribution in [1.82, 2.24) is 4.90 Å². The van der Waals surface area contributed by atoms with Gasteiger partial charge in [-0.3, -0.25) is 4.79 Å². The molecule has 2 heteroatoms. The largest absolute Gasteiger partial charge is 0.339 e. The van der Waals surface area contributed by atoms with Crippen molar-refractivity contribution in [1.29, 1.82) is 0 Å². The van der Waals surface area contributed by atoms with Gasteiger partial charge in [-0.2, -0.15) is 0 Å². The predicted octanol–water partition coefficient (Wildman–Crippen LogP) is 1.65. The lowest BCUT2D eigenvalue weighted by molar-refractivity contribution is -0.139. The third-order valence-electron chi connectivity index (χ3n) is 3.01. The Morgan fingerprint density at radius 2 is 1.92 bits per heavy atom. The summed E-state index contributed by atoms with van der Waals surface area (Å²) < 4.78 is 0. The lowest BCUT2D eigenvalue weighted by atomic mass is 9.86. The van der Waals surface area contributed by atoms with Crippen LogP contribution in [0.4, 0.5) is 0 Å². The zero-order chi connectivity index (χ0) is 8.93. The molecule has 0 atom stereocenters. The molecule has 3 fully saturated rings. The average molecular weight is 167 g/mol. The van der Waals surface area contributed by atoms with E-state index in [-0.39, 0.29) is 5.41 Å². The molecule has 1 aliphatic carbocycles. The monoisotopic (exact) mass is 167 g/mol. The quantitative estimate of drug-likeness (QED) is 0.537. The average Bonchev–Trinajstić information content (AvgIpc) is 2.36. The number of carbonyl (C=O) groups is 1. The fourth-order valence-electron chi connectivity index (χ4n) is 2.21. The highest BCUT2D eigenvalue weighted by Crippen LogP contribution is 2.42. The first-order valence-corrected chi connectivity index (χ1v) is 4.79. The van der Waals surface area contributed by atoms with Gasteiger partial charge in [-0.1, -0.05) is 20.8 Å². The molecule has 0 aromatic rings. The second-order valence-corrected chi connectivity index (χ2v) is 5.20. The predicted molar refractivity (Wildman–Crippen MR) is 47.7 cm³/mol. The van der Waals surface area contributed by atoms with E-state index in [1.54, 1.807) is 0 Å². The molecule has 2 saturated heterocycles. The van der Waals surface area contributed by atoms with Crippen molar-refractivity contribution in [2.75, 3.05) is 6.54 Å². The maximum atomic E-state index is 11.8. The molecule has 0 radical (unpaired) electrons. The Hall–Kier alpha value is -0.530. The van der Waals surface area contributed by atoms with Gasteiger partial charge in [-0.25, -0.2) is 0 Å². The van der Waals surface area contributed by atoms with Crippen LogP contribution in [0.25, 0.3) is 0 Å². The highest BCUT2D eigenvalue weighted by atomic mass is 16.2. The molecule has 0 spiro atoms. The standard InChI is InChI=1S/C10H17NO/c1-10(2,3)9(12)11-6-7-4-8(11)5-7/h7-8H,4-6H2,1-3H3. The summed E-state index contributed by atoms with van der Waals surface area (Å²) in [6.07, 6.45) is 2.53. The zero-order valence-corrected chi connectivity index (χ0v) is 8.13. The van der Waals surface area contributed by atoms with E-state index in [0.717, 1.165) is 12.5 Å². The Bertz CT molecular complexity index is 210. The molecule has 1 saturated carbocycles. The zero-order valence-electron chi connectivity index (χ0n) is 8.13. The van der Waals surface area contributed by atoms with Gasteiger partial charge >= 0.3 is 0 Å². The van der Waals surface area contributed by atoms with Gasteiger partial charge in [0.25, 0.3) is 0 Å². The molecule has 0 unspecified atom stereocenters. The van der Waals surface area contributed by atoms with Gasteiger partial charge in [-0.15, -0.1) is 0 Å². The van der Waals surface area contributed by atoms with E-state index in [0.29, 0.717) is 11.9 Å². The van der Waals surface area contributed by atoms with Gasteiger partial charge in [0.1, 0.15) is 0 Å². The summed E-state index contributed by atoms with van der Waals surface area (Å²) in [6.45, 7) is 7.04. The lowest BCUT2D eigenvalue weighted by Crippen LogP contribution is -2.41. The van der Waals surface area contributed by atoms with Crippen LogP contribution in [0.1, 0.15) is 33.6 Å². The van der Waals surface area contributed by atoms with E-state index in [1.165, 1.54) is 12.8 Å². The molecule has 1 amide bonds. The Morgan fingerprint density at radius 1 is 1.33 bits per heavy atom. The van der Waals surface area contributed by atoms with E-state index in [9.17, 15) is 4.79 Å². The van der Waals surface area contributed by atoms with Crippen molar-refractivity contribution in [3.05, 3.63) is 0 Å². The highest BCUT2D eigenvalue weighted by Gasteiger charge is 2.46. The smallest absolute Gasteiger partial charge is 0.228 e. The van der Waals surface area contributed by atoms with Crippen LogP contribution in [0.5, 0.6) is 0 Å². The third-order valence-corrected chi connectivity index (χ3v) is 3.01. The van der Waals surface area contributed by atoms with E-state index < -0.39 is 0 Å². The highest BCUT2D eigenvalue weighted by molar-refractivity contribution is 5.82. The summed E-state index contributed by atoms with van der Waals surface area (Å²) in [5.41, 5.74) is -0.183. The van der Waals surface area contributed by atoms with Gasteiger partial charge in [0.2, 0.25) is 5.91 Å².